The minimum Gasteiger partial charge on any atom is -0.355 e. The third-order valence-corrected chi connectivity index (χ3v) is 5.85. The van der Waals surface area contributed by atoms with Crippen molar-refractivity contribution in [1.82, 2.24) is 24.4 Å². The van der Waals surface area contributed by atoms with E-state index in [1.165, 1.54) is 23.9 Å². The molecule has 4 aromatic rings. The molecule has 0 aliphatic rings. The number of nitrogens with zero attached hydrogens (tertiary/aromatic N) is 4. The number of halogens is 1. The fourth-order valence-corrected chi connectivity index (χ4v) is 4.31. The monoisotopic (exact) mass is 411 g/mol. The molecule has 2 heterocycles. The van der Waals surface area contributed by atoms with Crippen molar-refractivity contribution >= 4 is 39.7 Å². The van der Waals surface area contributed by atoms with Gasteiger partial charge in [-0.1, -0.05) is 23.9 Å². The van der Waals surface area contributed by atoms with E-state index in [1.54, 1.807) is 6.07 Å². The highest BCUT2D eigenvalue weighted by molar-refractivity contribution is 7.99. The first kappa shape index (κ1) is 19.4. The minimum absolute atomic E-state index is 0.0467. The Morgan fingerprint density at radius 3 is 2.76 bits per heavy atom. The Morgan fingerprint density at radius 2 is 1.93 bits per heavy atom. The summed E-state index contributed by atoms with van der Waals surface area (Å²) >= 11 is 1.44. The lowest BCUT2D eigenvalue weighted by molar-refractivity contribution is -0.118. The summed E-state index contributed by atoms with van der Waals surface area (Å²) in [6.07, 6.45) is 0.580. The van der Waals surface area contributed by atoms with Gasteiger partial charge >= 0.3 is 0 Å². The van der Waals surface area contributed by atoms with Gasteiger partial charge in [0.05, 0.1) is 27.8 Å². The van der Waals surface area contributed by atoms with Crippen LogP contribution in [0.2, 0.25) is 0 Å². The number of para-hydroxylation sites is 2. The van der Waals surface area contributed by atoms with Crippen LogP contribution in [0.15, 0.2) is 47.6 Å². The van der Waals surface area contributed by atoms with Crippen LogP contribution >= 0.6 is 11.8 Å². The summed E-state index contributed by atoms with van der Waals surface area (Å²) in [6.45, 7) is 3.35. The Morgan fingerprint density at radius 1 is 1.14 bits per heavy atom. The second-order valence-corrected chi connectivity index (χ2v) is 7.68. The van der Waals surface area contributed by atoms with E-state index < -0.39 is 0 Å². The smallest absolute Gasteiger partial charge is 0.230 e. The predicted octanol–water partition coefficient (Wildman–Crippen LogP) is 3.53. The molecule has 29 heavy (non-hydrogen) atoms. The number of imidazole rings is 2. The second-order valence-electron chi connectivity index (χ2n) is 6.74. The number of thioether (sulfide) groups is 1. The van der Waals surface area contributed by atoms with Gasteiger partial charge < -0.3 is 14.5 Å². The van der Waals surface area contributed by atoms with Gasteiger partial charge in [-0.05, 0) is 37.3 Å². The lowest BCUT2D eigenvalue weighted by atomic mass is 10.3. The van der Waals surface area contributed by atoms with Crippen LogP contribution in [0, 0.1) is 5.82 Å². The Bertz CT molecular complexity index is 1180. The number of carbonyl (C=O) groups is 1. The van der Waals surface area contributed by atoms with Gasteiger partial charge in [-0.3, -0.25) is 4.79 Å². The van der Waals surface area contributed by atoms with Crippen molar-refractivity contribution in [2.24, 2.45) is 7.05 Å². The minimum atomic E-state index is -0.282. The Hall–Kier alpha value is -2.87. The van der Waals surface area contributed by atoms with Gasteiger partial charge in [-0.15, -0.1) is 0 Å². The van der Waals surface area contributed by atoms with Crippen LogP contribution in [0.1, 0.15) is 12.7 Å². The number of rotatable bonds is 7. The molecular formula is C21H22FN5OS. The molecule has 8 heteroatoms. The summed E-state index contributed by atoms with van der Waals surface area (Å²) in [5.74, 6) is 0.785. The molecule has 1 N–H and O–H groups in total. The number of aromatic nitrogens is 4. The van der Waals surface area contributed by atoms with Gasteiger partial charge in [0.25, 0.3) is 0 Å². The van der Waals surface area contributed by atoms with E-state index in [9.17, 15) is 9.18 Å². The number of aryl methyl sites for hydroxylation is 2. The van der Waals surface area contributed by atoms with Crippen LogP contribution in [-0.4, -0.2) is 37.3 Å². The molecule has 150 valence electrons. The molecule has 1 amide bonds. The maximum absolute atomic E-state index is 13.4. The predicted molar refractivity (Wildman–Crippen MR) is 114 cm³/mol. The zero-order valence-corrected chi connectivity index (χ0v) is 17.2. The Labute approximate surface area is 172 Å². The number of benzene rings is 2. The van der Waals surface area contributed by atoms with E-state index in [-0.39, 0.29) is 11.7 Å². The summed E-state index contributed by atoms with van der Waals surface area (Å²) in [5, 5.41) is 3.78. The molecule has 4 rings (SSSR count). The molecule has 0 radical (unpaired) electrons. The van der Waals surface area contributed by atoms with Gasteiger partial charge in [-0.2, -0.15) is 0 Å². The third kappa shape index (κ3) is 3.98. The molecule has 0 aliphatic carbocycles. The van der Waals surface area contributed by atoms with Crippen LogP contribution in [-0.2, 0) is 24.8 Å². The number of hydrogen-bond donors (Lipinski definition) is 1. The van der Waals surface area contributed by atoms with Crippen molar-refractivity contribution in [2.45, 2.75) is 25.0 Å². The average molecular weight is 412 g/mol. The van der Waals surface area contributed by atoms with Gasteiger partial charge in [0.2, 0.25) is 5.91 Å². The highest BCUT2D eigenvalue weighted by atomic mass is 32.2. The highest BCUT2D eigenvalue weighted by Gasteiger charge is 2.12. The quantitative estimate of drug-likeness (QED) is 0.473. The van der Waals surface area contributed by atoms with E-state index in [0.717, 1.165) is 39.6 Å². The molecule has 0 spiro atoms. The van der Waals surface area contributed by atoms with Crippen LogP contribution in [0.3, 0.4) is 0 Å². The van der Waals surface area contributed by atoms with E-state index >= 15 is 0 Å². The first-order valence-corrected chi connectivity index (χ1v) is 10.5. The van der Waals surface area contributed by atoms with Crippen LogP contribution in [0.4, 0.5) is 4.39 Å². The van der Waals surface area contributed by atoms with E-state index in [1.807, 2.05) is 35.9 Å². The van der Waals surface area contributed by atoms with Crippen molar-refractivity contribution in [2.75, 3.05) is 12.3 Å². The topological polar surface area (TPSA) is 64.7 Å². The van der Waals surface area contributed by atoms with E-state index in [0.29, 0.717) is 18.7 Å². The van der Waals surface area contributed by atoms with Crippen molar-refractivity contribution in [1.29, 1.82) is 0 Å². The van der Waals surface area contributed by atoms with Gasteiger partial charge in [0.1, 0.15) is 11.6 Å². The fourth-order valence-electron chi connectivity index (χ4n) is 3.40. The maximum atomic E-state index is 13.4. The highest BCUT2D eigenvalue weighted by Crippen LogP contribution is 2.23. The standard InChI is InChI=1S/C21H22FN5OS/c1-3-27-17-7-5-4-6-15(17)25-21(27)29-13-20(28)23-11-10-19-24-16-9-8-14(22)12-18(16)26(19)2/h4-9,12H,3,10-11,13H2,1-2H3,(H,23,28). The molecule has 2 aromatic heterocycles. The van der Waals surface area contributed by atoms with Crippen molar-refractivity contribution in [3.63, 3.8) is 0 Å². The van der Waals surface area contributed by atoms with Gasteiger partial charge in [-0.25, -0.2) is 14.4 Å². The summed E-state index contributed by atoms with van der Waals surface area (Å²) in [6, 6.07) is 12.5. The Kier molecular flexibility index (Phi) is 5.53. The molecule has 0 fully saturated rings. The molecule has 0 aliphatic heterocycles. The van der Waals surface area contributed by atoms with E-state index in [4.69, 9.17) is 0 Å². The van der Waals surface area contributed by atoms with Crippen molar-refractivity contribution in [3.8, 4) is 0 Å². The molecule has 0 atom stereocenters. The maximum Gasteiger partial charge on any atom is 0.230 e. The number of amides is 1. The zero-order chi connectivity index (χ0) is 20.4. The number of fused-ring (bicyclic) bond motifs is 2. The van der Waals surface area contributed by atoms with Crippen LogP contribution in [0.5, 0.6) is 0 Å². The average Bonchev–Trinajstić information content (AvgIpc) is 3.23. The first-order valence-electron chi connectivity index (χ1n) is 9.52. The number of carbonyl (C=O) groups excluding carboxylic acids is 1. The van der Waals surface area contributed by atoms with Crippen LogP contribution in [0.25, 0.3) is 22.1 Å². The molecule has 0 saturated heterocycles. The fraction of sp³-hybridized carbons (Fsp3) is 0.286. The molecule has 6 nitrogen and oxygen atoms in total. The van der Waals surface area contributed by atoms with Gasteiger partial charge in [0.15, 0.2) is 5.16 Å². The normalized spacial score (nSPS) is 11.4. The lowest BCUT2D eigenvalue weighted by Gasteiger charge is -2.07. The number of nitrogens with one attached hydrogen (secondary N) is 1. The van der Waals surface area contributed by atoms with Gasteiger partial charge in [0, 0.05) is 26.6 Å². The molecular weight excluding hydrogens is 389 g/mol. The van der Waals surface area contributed by atoms with Crippen molar-refractivity contribution < 1.29 is 9.18 Å². The number of hydrogen-bond acceptors (Lipinski definition) is 4. The summed E-state index contributed by atoms with van der Waals surface area (Å²) in [4.78, 5) is 21.4. The molecule has 0 saturated carbocycles. The largest absolute Gasteiger partial charge is 0.355 e. The third-order valence-electron chi connectivity index (χ3n) is 4.87. The summed E-state index contributed by atoms with van der Waals surface area (Å²) in [7, 11) is 1.86. The summed E-state index contributed by atoms with van der Waals surface area (Å²) < 4.78 is 17.4. The zero-order valence-electron chi connectivity index (χ0n) is 16.4. The van der Waals surface area contributed by atoms with Crippen molar-refractivity contribution in [3.05, 3.63) is 54.1 Å². The van der Waals surface area contributed by atoms with E-state index in [2.05, 4.69) is 26.8 Å². The summed E-state index contributed by atoms with van der Waals surface area (Å²) in [5.41, 5.74) is 3.52. The second kappa shape index (κ2) is 8.24. The molecule has 2 aromatic carbocycles. The SMILES string of the molecule is CCn1c(SCC(=O)NCCc2nc3ccc(F)cc3n2C)nc2ccccc21. The lowest BCUT2D eigenvalue weighted by Crippen LogP contribution is -2.28. The van der Waals surface area contributed by atoms with Crippen LogP contribution < -0.4 is 5.32 Å². The molecule has 0 bridgehead atoms. The first-order chi connectivity index (χ1) is 14.1. The Balaban J connectivity index is 1.34. The molecule has 0 unspecified atom stereocenters.